The molecule has 0 atom stereocenters. The number of carbonyl (C=O) groups is 1. The summed E-state index contributed by atoms with van der Waals surface area (Å²) in [5, 5.41) is 10.9. The Balaban J connectivity index is 1.61. The molecule has 1 aromatic heterocycles. The van der Waals surface area contributed by atoms with Crippen molar-refractivity contribution in [2.24, 2.45) is 0 Å². The highest BCUT2D eigenvalue weighted by molar-refractivity contribution is 6.12. The van der Waals surface area contributed by atoms with Gasteiger partial charge in [-0.15, -0.1) is 0 Å². The number of ketones is 1. The number of fused-ring (bicyclic) bond motifs is 1. The van der Waals surface area contributed by atoms with E-state index in [4.69, 9.17) is 9.15 Å². The van der Waals surface area contributed by atoms with Gasteiger partial charge in [0.2, 0.25) is 0 Å². The monoisotopic (exact) mass is 350 g/mol. The van der Waals surface area contributed by atoms with Crippen molar-refractivity contribution >= 4 is 16.8 Å². The van der Waals surface area contributed by atoms with Crippen LogP contribution < -0.4 is 10.4 Å². The van der Waals surface area contributed by atoms with Gasteiger partial charge in [0.25, 0.3) is 0 Å². The topological polar surface area (TPSA) is 76.7 Å². The lowest BCUT2D eigenvalue weighted by Crippen LogP contribution is -2.11. The van der Waals surface area contributed by atoms with E-state index >= 15 is 0 Å². The number of rotatable bonds is 4. The fraction of sp³-hybridized carbons (Fsp3) is 0.238. The molecule has 0 bridgehead atoms. The molecule has 1 N–H and O–H groups in total. The molecule has 2 aromatic carbocycles. The van der Waals surface area contributed by atoms with E-state index in [1.807, 2.05) is 0 Å². The Morgan fingerprint density at radius 1 is 1.04 bits per heavy atom. The molecule has 132 valence electrons. The van der Waals surface area contributed by atoms with Crippen molar-refractivity contribution < 1.29 is 19.1 Å². The molecule has 5 heteroatoms. The van der Waals surface area contributed by atoms with E-state index in [0.717, 1.165) is 25.7 Å². The number of carbonyl (C=O) groups excluding carboxylic acids is 1. The van der Waals surface area contributed by atoms with Crippen molar-refractivity contribution in [1.82, 2.24) is 0 Å². The first-order chi connectivity index (χ1) is 12.6. The molecule has 3 aromatic rings. The lowest BCUT2D eigenvalue weighted by Gasteiger charge is -2.14. The summed E-state index contributed by atoms with van der Waals surface area (Å²) in [5.74, 6) is 0.166. The molecule has 0 aliphatic heterocycles. The molecule has 1 heterocycles. The summed E-state index contributed by atoms with van der Waals surface area (Å²) in [6.07, 6.45) is 4.56. The van der Waals surface area contributed by atoms with Gasteiger partial charge in [-0.3, -0.25) is 4.79 Å². The lowest BCUT2D eigenvalue weighted by molar-refractivity contribution is 0.103. The van der Waals surface area contributed by atoms with Crippen molar-refractivity contribution in [2.45, 2.75) is 31.8 Å². The summed E-state index contributed by atoms with van der Waals surface area (Å²) in [4.78, 5) is 24.0. The van der Waals surface area contributed by atoms with Crippen molar-refractivity contribution in [2.75, 3.05) is 0 Å². The van der Waals surface area contributed by atoms with Crippen molar-refractivity contribution in [3.05, 3.63) is 70.1 Å². The standard InChI is InChI=1S/C21H18O5/c22-18-12-16(25-15-3-1-2-4-15)7-8-17(18)21(24)14-5-9-19-13(11-14)6-10-20(23)26-19/h5-12,15,22H,1-4H2. The molecule has 1 aliphatic carbocycles. The predicted molar refractivity (Wildman–Crippen MR) is 96.9 cm³/mol. The zero-order valence-electron chi connectivity index (χ0n) is 14.1. The number of benzene rings is 2. The maximum absolute atomic E-state index is 12.7. The van der Waals surface area contributed by atoms with Gasteiger partial charge in [0, 0.05) is 23.1 Å². The van der Waals surface area contributed by atoms with Crippen LogP contribution in [0.15, 0.2) is 57.7 Å². The van der Waals surface area contributed by atoms with Gasteiger partial charge >= 0.3 is 5.63 Å². The number of ether oxygens (including phenoxy) is 1. The molecule has 1 saturated carbocycles. The van der Waals surface area contributed by atoms with Gasteiger partial charge in [0.1, 0.15) is 17.1 Å². The van der Waals surface area contributed by atoms with Crippen LogP contribution in [-0.4, -0.2) is 17.0 Å². The summed E-state index contributed by atoms with van der Waals surface area (Å²) >= 11 is 0. The highest BCUT2D eigenvalue weighted by Crippen LogP contribution is 2.30. The number of phenols is 1. The van der Waals surface area contributed by atoms with Gasteiger partial charge in [-0.05, 0) is 62.1 Å². The van der Waals surface area contributed by atoms with E-state index in [-0.39, 0.29) is 23.2 Å². The molecule has 0 radical (unpaired) electrons. The van der Waals surface area contributed by atoms with Crippen LogP contribution in [-0.2, 0) is 0 Å². The summed E-state index contributed by atoms with van der Waals surface area (Å²) in [6.45, 7) is 0. The first-order valence-electron chi connectivity index (χ1n) is 8.68. The van der Waals surface area contributed by atoms with E-state index < -0.39 is 5.63 Å². The van der Waals surface area contributed by atoms with Gasteiger partial charge < -0.3 is 14.3 Å². The van der Waals surface area contributed by atoms with Gasteiger partial charge in [0.15, 0.2) is 5.78 Å². The van der Waals surface area contributed by atoms with Crippen LogP contribution in [0.1, 0.15) is 41.6 Å². The Morgan fingerprint density at radius 2 is 1.85 bits per heavy atom. The zero-order valence-corrected chi connectivity index (χ0v) is 14.1. The van der Waals surface area contributed by atoms with Crippen LogP contribution >= 0.6 is 0 Å². The maximum atomic E-state index is 12.7. The van der Waals surface area contributed by atoms with Gasteiger partial charge in [-0.1, -0.05) is 0 Å². The highest BCUT2D eigenvalue weighted by atomic mass is 16.5. The van der Waals surface area contributed by atoms with E-state index in [1.54, 1.807) is 36.4 Å². The number of phenolic OH excluding ortho intramolecular Hbond substituents is 1. The number of hydrogen-bond donors (Lipinski definition) is 1. The minimum atomic E-state index is -0.438. The third kappa shape index (κ3) is 3.20. The van der Waals surface area contributed by atoms with Crippen molar-refractivity contribution in [1.29, 1.82) is 0 Å². The molecule has 0 spiro atoms. The smallest absolute Gasteiger partial charge is 0.336 e. The van der Waals surface area contributed by atoms with Gasteiger partial charge in [-0.2, -0.15) is 0 Å². The molecular weight excluding hydrogens is 332 g/mol. The summed E-state index contributed by atoms with van der Waals surface area (Å²) in [7, 11) is 0. The first kappa shape index (κ1) is 16.4. The molecule has 5 nitrogen and oxygen atoms in total. The van der Waals surface area contributed by atoms with Crippen LogP contribution in [0.2, 0.25) is 0 Å². The van der Waals surface area contributed by atoms with E-state index in [0.29, 0.717) is 22.3 Å². The Labute approximate surface area is 149 Å². The Bertz CT molecular complexity index is 1030. The maximum Gasteiger partial charge on any atom is 0.336 e. The third-order valence-corrected chi connectivity index (χ3v) is 4.70. The molecule has 0 amide bonds. The minimum Gasteiger partial charge on any atom is -0.507 e. The summed E-state index contributed by atoms with van der Waals surface area (Å²) < 4.78 is 10.9. The second kappa shape index (κ2) is 6.67. The first-order valence-corrected chi connectivity index (χ1v) is 8.68. The van der Waals surface area contributed by atoms with Crippen LogP contribution in [0, 0.1) is 0 Å². The quantitative estimate of drug-likeness (QED) is 0.567. The second-order valence-corrected chi connectivity index (χ2v) is 6.54. The number of hydrogen-bond acceptors (Lipinski definition) is 5. The number of aromatic hydroxyl groups is 1. The molecule has 0 saturated heterocycles. The molecule has 1 fully saturated rings. The largest absolute Gasteiger partial charge is 0.507 e. The van der Waals surface area contributed by atoms with Crippen LogP contribution in [0.3, 0.4) is 0 Å². The van der Waals surface area contributed by atoms with Crippen molar-refractivity contribution in [3.8, 4) is 11.5 Å². The molecule has 0 unspecified atom stereocenters. The second-order valence-electron chi connectivity index (χ2n) is 6.54. The molecule has 4 rings (SSSR count). The average molecular weight is 350 g/mol. The third-order valence-electron chi connectivity index (χ3n) is 4.70. The van der Waals surface area contributed by atoms with Gasteiger partial charge in [-0.25, -0.2) is 4.79 Å². The van der Waals surface area contributed by atoms with Crippen LogP contribution in [0.5, 0.6) is 11.5 Å². The van der Waals surface area contributed by atoms with Crippen LogP contribution in [0.25, 0.3) is 11.0 Å². The lowest BCUT2D eigenvalue weighted by atomic mass is 10.0. The van der Waals surface area contributed by atoms with E-state index in [9.17, 15) is 14.7 Å². The SMILES string of the molecule is O=C(c1ccc2oc(=O)ccc2c1)c1ccc(OC2CCCC2)cc1O. The minimum absolute atomic E-state index is 0.106. The Kier molecular flexibility index (Phi) is 4.21. The molecule has 26 heavy (non-hydrogen) atoms. The Hall–Kier alpha value is -3.08. The van der Waals surface area contributed by atoms with E-state index in [2.05, 4.69) is 0 Å². The van der Waals surface area contributed by atoms with E-state index in [1.165, 1.54) is 12.1 Å². The fourth-order valence-electron chi connectivity index (χ4n) is 3.34. The fourth-order valence-corrected chi connectivity index (χ4v) is 3.34. The van der Waals surface area contributed by atoms with Crippen molar-refractivity contribution in [3.63, 3.8) is 0 Å². The Morgan fingerprint density at radius 3 is 2.62 bits per heavy atom. The highest BCUT2D eigenvalue weighted by Gasteiger charge is 2.19. The molecular formula is C21H18O5. The summed E-state index contributed by atoms with van der Waals surface area (Å²) in [5.41, 5.74) is 0.595. The van der Waals surface area contributed by atoms with Gasteiger partial charge in [0.05, 0.1) is 11.7 Å². The zero-order chi connectivity index (χ0) is 18.1. The van der Waals surface area contributed by atoms with Crippen LogP contribution in [0.4, 0.5) is 0 Å². The normalized spacial score (nSPS) is 14.6. The predicted octanol–water partition coefficient (Wildman–Crippen LogP) is 4.05. The average Bonchev–Trinajstić information content (AvgIpc) is 3.14. The molecule has 1 aliphatic rings. The summed E-state index contributed by atoms with van der Waals surface area (Å²) in [6, 6.07) is 12.5.